The SMILES string of the molecule is CCCCCN=C(N)Nc1nc(-c2nccc(CNC(=S)NCC)n2)cs1. The summed E-state index contributed by atoms with van der Waals surface area (Å²) < 4.78 is 0. The second-order valence-electron chi connectivity index (χ2n) is 5.72. The molecule has 0 aliphatic carbocycles. The first kappa shape index (κ1) is 21.0. The molecule has 0 bridgehead atoms. The Bertz CT molecular complexity index is 759. The molecule has 5 N–H and O–H groups in total. The lowest BCUT2D eigenvalue weighted by Crippen LogP contribution is -2.34. The number of unbranched alkanes of at least 4 members (excludes halogenated alkanes) is 2. The molecule has 146 valence electrons. The summed E-state index contributed by atoms with van der Waals surface area (Å²) in [6.07, 6.45) is 5.06. The highest BCUT2D eigenvalue weighted by atomic mass is 32.1. The highest BCUT2D eigenvalue weighted by molar-refractivity contribution is 7.80. The van der Waals surface area contributed by atoms with E-state index >= 15 is 0 Å². The van der Waals surface area contributed by atoms with Crippen molar-refractivity contribution in [2.24, 2.45) is 10.7 Å². The number of rotatable bonds is 9. The second-order valence-corrected chi connectivity index (χ2v) is 6.99. The maximum atomic E-state index is 5.90. The van der Waals surface area contributed by atoms with Gasteiger partial charge in [-0.3, -0.25) is 4.99 Å². The van der Waals surface area contributed by atoms with E-state index in [1.165, 1.54) is 11.3 Å². The number of thiazole rings is 1. The van der Waals surface area contributed by atoms with E-state index in [-0.39, 0.29) is 0 Å². The normalized spacial score (nSPS) is 11.3. The Morgan fingerprint density at radius 1 is 1.26 bits per heavy atom. The topological polar surface area (TPSA) is 113 Å². The molecule has 27 heavy (non-hydrogen) atoms. The van der Waals surface area contributed by atoms with Gasteiger partial charge in [0, 0.05) is 24.7 Å². The average Bonchev–Trinajstić information content (AvgIpc) is 3.12. The van der Waals surface area contributed by atoms with E-state index in [9.17, 15) is 0 Å². The van der Waals surface area contributed by atoms with Crippen LogP contribution >= 0.6 is 23.6 Å². The van der Waals surface area contributed by atoms with Gasteiger partial charge in [-0.15, -0.1) is 11.3 Å². The third kappa shape index (κ3) is 7.43. The van der Waals surface area contributed by atoms with Crippen molar-refractivity contribution in [1.29, 1.82) is 0 Å². The third-order valence-corrected chi connectivity index (χ3v) is 4.54. The number of thiocarbonyl (C=S) groups is 1. The van der Waals surface area contributed by atoms with Gasteiger partial charge in [-0.1, -0.05) is 19.8 Å². The molecule has 0 saturated heterocycles. The van der Waals surface area contributed by atoms with E-state index in [2.05, 4.69) is 42.8 Å². The van der Waals surface area contributed by atoms with Gasteiger partial charge in [0.25, 0.3) is 0 Å². The summed E-state index contributed by atoms with van der Waals surface area (Å²) in [6.45, 7) is 6.17. The summed E-state index contributed by atoms with van der Waals surface area (Å²) in [6, 6.07) is 1.84. The van der Waals surface area contributed by atoms with Crippen LogP contribution in [0.2, 0.25) is 0 Å². The van der Waals surface area contributed by atoms with Crippen LogP contribution in [0.5, 0.6) is 0 Å². The van der Waals surface area contributed by atoms with Gasteiger partial charge in [-0.2, -0.15) is 0 Å². The highest BCUT2D eigenvalue weighted by Gasteiger charge is 2.09. The molecule has 0 aliphatic heterocycles. The third-order valence-electron chi connectivity index (χ3n) is 3.49. The fourth-order valence-electron chi connectivity index (χ4n) is 2.16. The van der Waals surface area contributed by atoms with E-state index in [0.717, 1.165) is 38.0 Å². The lowest BCUT2D eigenvalue weighted by Gasteiger charge is -2.08. The number of hydrogen-bond donors (Lipinski definition) is 4. The predicted octanol–water partition coefficient (Wildman–Crippen LogP) is 2.50. The fourth-order valence-corrected chi connectivity index (χ4v) is 3.07. The molecular formula is C17H26N8S2. The van der Waals surface area contributed by atoms with Crippen molar-refractivity contribution in [1.82, 2.24) is 25.6 Å². The first-order valence-corrected chi connectivity index (χ1v) is 10.3. The Labute approximate surface area is 169 Å². The minimum absolute atomic E-state index is 0.378. The first-order valence-electron chi connectivity index (χ1n) is 8.98. The number of anilines is 1. The maximum Gasteiger partial charge on any atom is 0.194 e. The zero-order valence-electron chi connectivity index (χ0n) is 15.7. The van der Waals surface area contributed by atoms with E-state index in [1.807, 2.05) is 18.4 Å². The quantitative estimate of drug-likeness (QED) is 0.217. The Hall–Kier alpha value is -2.33. The Morgan fingerprint density at radius 3 is 2.89 bits per heavy atom. The first-order chi connectivity index (χ1) is 13.1. The molecule has 0 aromatic carbocycles. The smallest absolute Gasteiger partial charge is 0.194 e. The van der Waals surface area contributed by atoms with Crippen molar-refractivity contribution in [2.45, 2.75) is 39.7 Å². The number of hydrogen-bond acceptors (Lipinski definition) is 6. The predicted molar refractivity (Wildman–Crippen MR) is 116 cm³/mol. The molecular weight excluding hydrogens is 380 g/mol. The summed E-state index contributed by atoms with van der Waals surface area (Å²) in [5, 5.41) is 12.3. The van der Waals surface area contributed by atoms with Crippen molar-refractivity contribution in [3.8, 4) is 11.5 Å². The molecule has 2 heterocycles. The van der Waals surface area contributed by atoms with Crippen LogP contribution < -0.4 is 21.7 Å². The van der Waals surface area contributed by atoms with Crippen molar-refractivity contribution < 1.29 is 0 Å². The van der Waals surface area contributed by atoms with E-state index in [1.54, 1.807) is 6.20 Å². The molecule has 0 aliphatic rings. The van der Waals surface area contributed by atoms with Gasteiger partial charge in [0.1, 0.15) is 5.69 Å². The molecule has 2 aromatic rings. The fraction of sp³-hybridized carbons (Fsp3) is 0.471. The molecule has 0 fully saturated rings. The van der Waals surface area contributed by atoms with Crippen LogP contribution in [0.4, 0.5) is 5.13 Å². The van der Waals surface area contributed by atoms with Crippen LogP contribution in [-0.4, -0.2) is 39.1 Å². The molecule has 0 radical (unpaired) electrons. The summed E-state index contributed by atoms with van der Waals surface area (Å²) in [4.78, 5) is 17.6. The Balaban J connectivity index is 1.95. The van der Waals surface area contributed by atoms with E-state index < -0.39 is 0 Å². The molecule has 0 unspecified atom stereocenters. The lowest BCUT2D eigenvalue weighted by molar-refractivity contribution is 0.727. The minimum atomic E-state index is 0.378. The van der Waals surface area contributed by atoms with Gasteiger partial charge in [0.05, 0.1) is 12.2 Å². The number of aliphatic imine (C=N–C) groups is 1. The summed E-state index contributed by atoms with van der Waals surface area (Å²) in [5.41, 5.74) is 7.43. The molecule has 10 heteroatoms. The molecule has 0 saturated carbocycles. The van der Waals surface area contributed by atoms with Gasteiger partial charge < -0.3 is 21.7 Å². The number of nitrogens with one attached hydrogen (secondary N) is 3. The summed E-state index contributed by atoms with van der Waals surface area (Å²) >= 11 is 6.60. The number of nitrogens with two attached hydrogens (primary N) is 1. The zero-order valence-corrected chi connectivity index (χ0v) is 17.3. The molecule has 8 nitrogen and oxygen atoms in total. The second kappa shape index (κ2) is 11.4. The van der Waals surface area contributed by atoms with Gasteiger partial charge in [0.2, 0.25) is 0 Å². The van der Waals surface area contributed by atoms with Gasteiger partial charge in [0.15, 0.2) is 22.0 Å². The van der Waals surface area contributed by atoms with Crippen LogP contribution in [0.1, 0.15) is 38.8 Å². The van der Waals surface area contributed by atoms with Crippen LogP contribution in [0, 0.1) is 0 Å². The zero-order chi connectivity index (χ0) is 19.5. The van der Waals surface area contributed by atoms with E-state index in [0.29, 0.717) is 34.3 Å². The molecule has 0 amide bonds. The average molecular weight is 407 g/mol. The van der Waals surface area contributed by atoms with Crippen LogP contribution in [-0.2, 0) is 6.54 Å². The van der Waals surface area contributed by atoms with Crippen molar-refractivity contribution in [3.05, 3.63) is 23.3 Å². The number of guanidine groups is 1. The van der Waals surface area contributed by atoms with Gasteiger partial charge >= 0.3 is 0 Å². The Kier molecular flexibility index (Phi) is 8.85. The lowest BCUT2D eigenvalue weighted by atomic mass is 10.2. The molecule has 0 spiro atoms. The number of nitrogens with zero attached hydrogens (tertiary/aromatic N) is 4. The van der Waals surface area contributed by atoms with Crippen LogP contribution in [0.25, 0.3) is 11.5 Å². The monoisotopic (exact) mass is 406 g/mol. The van der Waals surface area contributed by atoms with Crippen molar-refractivity contribution in [3.63, 3.8) is 0 Å². The van der Waals surface area contributed by atoms with Crippen molar-refractivity contribution >= 4 is 39.8 Å². The molecule has 2 rings (SSSR count). The summed E-state index contributed by atoms with van der Waals surface area (Å²) in [5.74, 6) is 0.939. The van der Waals surface area contributed by atoms with Gasteiger partial charge in [-0.25, -0.2) is 15.0 Å². The van der Waals surface area contributed by atoms with Crippen molar-refractivity contribution in [2.75, 3.05) is 18.4 Å². The van der Waals surface area contributed by atoms with Crippen LogP contribution in [0.15, 0.2) is 22.6 Å². The standard InChI is InChI=1S/C17H26N8S2/c1-3-5-6-8-21-15(18)25-17-24-13(11-27-17)14-20-9-7-12(23-14)10-22-16(26)19-4-2/h7,9,11H,3-6,8,10H2,1-2H3,(H2,19,22,26)(H3,18,21,24,25). The van der Waals surface area contributed by atoms with Gasteiger partial charge in [-0.05, 0) is 31.6 Å². The van der Waals surface area contributed by atoms with E-state index in [4.69, 9.17) is 18.0 Å². The number of aromatic nitrogens is 3. The molecule has 2 aromatic heterocycles. The molecule has 0 atom stereocenters. The summed E-state index contributed by atoms with van der Waals surface area (Å²) in [7, 11) is 0. The maximum absolute atomic E-state index is 5.90. The van der Waals surface area contributed by atoms with Crippen LogP contribution in [0.3, 0.4) is 0 Å². The Morgan fingerprint density at radius 2 is 2.11 bits per heavy atom. The minimum Gasteiger partial charge on any atom is -0.370 e. The highest BCUT2D eigenvalue weighted by Crippen LogP contribution is 2.22. The largest absolute Gasteiger partial charge is 0.370 e.